The molecule has 1 aromatic carbocycles. The summed E-state index contributed by atoms with van der Waals surface area (Å²) in [4.78, 5) is 13.2. The number of ketones is 1. The molecule has 0 amide bonds. The van der Waals surface area contributed by atoms with E-state index in [0.29, 0.717) is 15.2 Å². The van der Waals surface area contributed by atoms with Gasteiger partial charge in [0.05, 0.1) is 15.0 Å². The number of benzene rings is 1. The molecule has 0 saturated heterocycles. The molecule has 2 N–H and O–H groups in total. The highest BCUT2D eigenvalue weighted by Gasteiger charge is 2.20. The Kier molecular flexibility index (Phi) is 4.20. The SMILES string of the molecule is N=c1sc(C(=O)c2cccs2)nn1-c1n[nH]c(-c2ccccc2)c1Br. The Labute approximate surface area is 158 Å². The van der Waals surface area contributed by atoms with E-state index in [1.807, 2.05) is 41.8 Å². The van der Waals surface area contributed by atoms with Gasteiger partial charge in [-0.3, -0.25) is 15.3 Å². The molecule has 0 saturated carbocycles. The third-order valence-electron chi connectivity index (χ3n) is 3.47. The number of carbonyl (C=O) groups is 1. The summed E-state index contributed by atoms with van der Waals surface area (Å²) in [6.45, 7) is 0. The van der Waals surface area contributed by atoms with Gasteiger partial charge in [-0.15, -0.1) is 16.4 Å². The van der Waals surface area contributed by atoms with Crippen LogP contribution in [-0.4, -0.2) is 25.8 Å². The van der Waals surface area contributed by atoms with E-state index in [1.165, 1.54) is 16.0 Å². The molecule has 4 rings (SSSR count). The smallest absolute Gasteiger partial charge is 0.233 e. The zero-order valence-electron chi connectivity index (χ0n) is 12.6. The molecule has 3 heterocycles. The molecule has 0 radical (unpaired) electrons. The Balaban J connectivity index is 1.76. The molecule has 0 aliphatic heterocycles. The lowest BCUT2D eigenvalue weighted by Crippen LogP contribution is -2.13. The Bertz CT molecular complexity index is 1100. The Morgan fingerprint density at radius 1 is 1.20 bits per heavy atom. The summed E-state index contributed by atoms with van der Waals surface area (Å²) < 4.78 is 2.05. The third-order valence-corrected chi connectivity index (χ3v) is 5.91. The maximum absolute atomic E-state index is 12.4. The largest absolute Gasteiger partial charge is 0.285 e. The van der Waals surface area contributed by atoms with Crippen molar-refractivity contribution in [1.29, 1.82) is 5.41 Å². The quantitative estimate of drug-likeness (QED) is 0.480. The van der Waals surface area contributed by atoms with Gasteiger partial charge in [-0.1, -0.05) is 47.7 Å². The molecule has 0 atom stereocenters. The minimum absolute atomic E-state index is 0.131. The Hall–Kier alpha value is -2.36. The lowest BCUT2D eigenvalue weighted by molar-refractivity contribution is 0.104. The second-order valence-electron chi connectivity index (χ2n) is 5.03. The van der Waals surface area contributed by atoms with Crippen molar-refractivity contribution in [3.8, 4) is 17.1 Å². The molecule has 0 spiro atoms. The Morgan fingerprint density at radius 3 is 2.72 bits per heavy atom. The van der Waals surface area contributed by atoms with Gasteiger partial charge in [0.25, 0.3) is 0 Å². The van der Waals surface area contributed by atoms with Crippen LogP contribution in [0.3, 0.4) is 0 Å². The van der Waals surface area contributed by atoms with Crippen LogP contribution >= 0.6 is 38.6 Å². The van der Waals surface area contributed by atoms with E-state index in [9.17, 15) is 4.79 Å². The van der Waals surface area contributed by atoms with E-state index in [1.54, 1.807) is 6.07 Å². The number of halogens is 1. The second-order valence-corrected chi connectivity index (χ2v) is 7.75. The van der Waals surface area contributed by atoms with Crippen LogP contribution < -0.4 is 4.80 Å². The molecule has 6 nitrogen and oxygen atoms in total. The number of aromatic nitrogens is 4. The molecule has 0 aliphatic rings. The van der Waals surface area contributed by atoms with Gasteiger partial charge in [-0.05, 0) is 27.4 Å². The van der Waals surface area contributed by atoms with Gasteiger partial charge < -0.3 is 0 Å². The number of thiophene rings is 1. The third kappa shape index (κ3) is 2.90. The fraction of sp³-hybridized carbons (Fsp3) is 0. The van der Waals surface area contributed by atoms with Crippen molar-refractivity contribution in [2.24, 2.45) is 0 Å². The summed E-state index contributed by atoms with van der Waals surface area (Å²) in [5.74, 6) is 0.271. The molecular formula is C16H10BrN5OS2. The van der Waals surface area contributed by atoms with E-state index in [0.717, 1.165) is 22.6 Å². The van der Waals surface area contributed by atoms with Crippen LogP contribution in [0.2, 0.25) is 0 Å². The highest BCUT2D eigenvalue weighted by Crippen LogP contribution is 2.30. The molecule has 124 valence electrons. The molecule has 0 bridgehead atoms. The minimum atomic E-state index is -0.179. The summed E-state index contributed by atoms with van der Waals surface area (Å²) in [5.41, 5.74) is 1.76. The number of carbonyl (C=O) groups excluding carboxylic acids is 1. The molecule has 0 aliphatic carbocycles. The monoisotopic (exact) mass is 431 g/mol. The van der Waals surface area contributed by atoms with Gasteiger partial charge in [0, 0.05) is 5.56 Å². The van der Waals surface area contributed by atoms with Crippen molar-refractivity contribution in [2.45, 2.75) is 0 Å². The second kappa shape index (κ2) is 6.51. The Morgan fingerprint density at radius 2 is 2.00 bits per heavy atom. The summed E-state index contributed by atoms with van der Waals surface area (Å²) in [6.07, 6.45) is 0. The van der Waals surface area contributed by atoms with Crippen molar-refractivity contribution in [1.82, 2.24) is 20.0 Å². The van der Waals surface area contributed by atoms with Crippen LogP contribution in [0.25, 0.3) is 17.1 Å². The number of hydrogen-bond acceptors (Lipinski definition) is 6. The molecule has 9 heteroatoms. The molecule has 3 aromatic heterocycles. The highest BCUT2D eigenvalue weighted by molar-refractivity contribution is 9.10. The van der Waals surface area contributed by atoms with Crippen molar-refractivity contribution in [2.75, 3.05) is 0 Å². The van der Waals surface area contributed by atoms with Crippen molar-refractivity contribution < 1.29 is 4.79 Å². The van der Waals surface area contributed by atoms with E-state index < -0.39 is 0 Å². The zero-order valence-corrected chi connectivity index (χ0v) is 15.8. The average molecular weight is 432 g/mol. The van der Waals surface area contributed by atoms with Crippen LogP contribution in [0.5, 0.6) is 0 Å². The summed E-state index contributed by atoms with van der Waals surface area (Å²) >= 11 is 5.91. The first-order chi connectivity index (χ1) is 12.1. The van der Waals surface area contributed by atoms with E-state index >= 15 is 0 Å². The number of nitrogens with one attached hydrogen (secondary N) is 2. The number of rotatable bonds is 4. The standard InChI is InChI=1S/C16H10BrN5OS2/c17-11-12(9-5-2-1-3-6-9)19-20-14(11)22-16(18)25-15(21-22)13(23)10-7-4-8-24-10/h1-8,18H,(H,19,20). The van der Waals surface area contributed by atoms with E-state index in [-0.39, 0.29) is 15.6 Å². The maximum Gasteiger partial charge on any atom is 0.233 e. The maximum atomic E-state index is 12.4. The highest BCUT2D eigenvalue weighted by atomic mass is 79.9. The van der Waals surface area contributed by atoms with Gasteiger partial charge in [0.1, 0.15) is 0 Å². The number of aromatic amines is 1. The van der Waals surface area contributed by atoms with Gasteiger partial charge in [-0.25, -0.2) is 0 Å². The topological polar surface area (TPSA) is 87.4 Å². The first-order valence-corrected chi connectivity index (χ1v) is 9.66. The van der Waals surface area contributed by atoms with Gasteiger partial charge >= 0.3 is 0 Å². The van der Waals surface area contributed by atoms with Gasteiger partial charge in [0.2, 0.25) is 10.6 Å². The fourth-order valence-corrected chi connectivity index (χ4v) is 4.32. The zero-order chi connectivity index (χ0) is 17.4. The lowest BCUT2D eigenvalue weighted by Gasteiger charge is -1.99. The minimum Gasteiger partial charge on any atom is -0.285 e. The summed E-state index contributed by atoms with van der Waals surface area (Å²) in [5, 5.41) is 21.8. The van der Waals surface area contributed by atoms with Crippen molar-refractivity contribution in [3.05, 3.63) is 67.0 Å². The summed E-state index contributed by atoms with van der Waals surface area (Å²) in [7, 11) is 0. The average Bonchev–Trinajstić information content (AvgIpc) is 3.35. The number of nitrogens with zero attached hydrogens (tertiary/aromatic N) is 3. The lowest BCUT2D eigenvalue weighted by atomic mass is 10.1. The number of H-pyrrole nitrogens is 1. The van der Waals surface area contributed by atoms with Crippen molar-refractivity contribution in [3.63, 3.8) is 0 Å². The van der Waals surface area contributed by atoms with Crippen LogP contribution in [0.15, 0.2) is 52.3 Å². The molecular weight excluding hydrogens is 422 g/mol. The molecule has 25 heavy (non-hydrogen) atoms. The van der Waals surface area contributed by atoms with Crippen LogP contribution in [0, 0.1) is 5.41 Å². The molecule has 0 fully saturated rings. The molecule has 0 unspecified atom stereocenters. The van der Waals surface area contributed by atoms with Crippen molar-refractivity contribution >= 4 is 44.4 Å². The summed E-state index contributed by atoms with van der Waals surface area (Å²) in [6, 6.07) is 13.3. The fourth-order valence-electron chi connectivity index (χ4n) is 2.30. The first kappa shape index (κ1) is 16.1. The van der Waals surface area contributed by atoms with E-state index in [4.69, 9.17) is 5.41 Å². The van der Waals surface area contributed by atoms with Crippen LogP contribution in [0.1, 0.15) is 14.7 Å². The van der Waals surface area contributed by atoms with Gasteiger partial charge in [-0.2, -0.15) is 9.78 Å². The normalized spacial score (nSPS) is 10.9. The number of hydrogen-bond donors (Lipinski definition) is 2. The first-order valence-electron chi connectivity index (χ1n) is 7.18. The molecule has 4 aromatic rings. The van der Waals surface area contributed by atoms with Gasteiger partial charge in [0.15, 0.2) is 10.8 Å². The van der Waals surface area contributed by atoms with Crippen LogP contribution in [-0.2, 0) is 0 Å². The predicted octanol–water partition coefficient (Wildman–Crippen LogP) is 3.86. The van der Waals surface area contributed by atoms with E-state index in [2.05, 4.69) is 31.2 Å². The predicted molar refractivity (Wildman–Crippen MR) is 100 cm³/mol. The van der Waals surface area contributed by atoms with Crippen LogP contribution in [0.4, 0.5) is 0 Å².